The van der Waals surface area contributed by atoms with Gasteiger partial charge in [-0.05, 0) is 49.9 Å². The number of hydrogen-bond acceptors (Lipinski definition) is 1. The van der Waals surface area contributed by atoms with Gasteiger partial charge in [0.25, 0.3) is 0 Å². The van der Waals surface area contributed by atoms with E-state index in [1.807, 2.05) is 6.92 Å². The molecule has 0 saturated heterocycles. The van der Waals surface area contributed by atoms with E-state index >= 15 is 0 Å². The third-order valence-corrected chi connectivity index (χ3v) is 3.55. The van der Waals surface area contributed by atoms with E-state index in [0.29, 0.717) is 12.1 Å². The van der Waals surface area contributed by atoms with Crippen LogP contribution in [-0.4, -0.2) is 11.8 Å². The van der Waals surface area contributed by atoms with Crippen molar-refractivity contribution in [2.75, 3.05) is 0 Å². The van der Waals surface area contributed by atoms with E-state index in [1.54, 1.807) is 0 Å². The SMILES string of the molecule is CC1CCCC(Cc2cc(C(F)(F)F)cc(C(F)(F)F)c2)=N1. The highest BCUT2D eigenvalue weighted by molar-refractivity contribution is 5.87. The van der Waals surface area contributed by atoms with Gasteiger partial charge in [-0.15, -0.1) is 0 Å². The lowest BCUT2D eigenvalue weighted by Crippen LogP contribution is -2.16. The van der Waals surface area contributed by atoms with Crippen molar-refractivity contribution in [2.45, 2.75) is 51.0 Å². The van der Waals surface area contributed by atoms with E-state index in [1.165, 1.54) is 0 Å². The van der Waals surface area contributed by atoms with E-state index in [9.17, 15) is 26.3 Å². The molecule has 22 heavy (non-hydrogen) atoms. The molecule has 1 unspecified atom stereocenters. The zero-order chi connectivity index (χ0) is 16.5. The van der Waals surface area contributed by atoms with Crippen molar-refractivity contribution in [3.63, 3.8) is 0 Å². The summed E-state index contributed by atoms with van der Waals surface area (Å²) < 4.78 is 76.7. The van der Waals surface area contributed by atoms with Gasteiger partial charge in [-0.25, -0.2) is 0 Å². The van der Waals surface area contributed by atoms with Gasteiger partial charge in [-0.1, -0.05) is 0 Å². The first-order valence-corrected chi connectivity index (χ1v) is 6.89. The minimum Gasteiger partial charge on any atom is -0.291 e. The Morgan fingerprint density at radius 3 is 2.00 bits per heavy atom. The largest absolute Gasteiger partial charge is 0.416 e. The normalized spacial score (nSPS) is 20.0. The van der Waals surface area contributed by atoms with Crippen LogP contribution in [0.25, 0.3) is 0 Å². The zero-order valence-electron chi connectivity index (χ0n) is 11.9. The van der Waals surface area contributed by atoms with Crippen molar-refractivity contribution in [1.82, 2.24) is 0 Å². The Labute approximate surface area is 124 Å². The number of aliphatic imine (C=N–C) groups is 1. The van der Waals surface area contributed by atoms with Crippen LogP contribution < -0.4 is 0 Å². The lowest BCUT2D eigenvalue weighted by Gasteiger charge is -2.18. The Balaban J connectivity index is 2.38. The van der Waals surface area contributed by atoms with Crippen LogP contribution in [0.15, 0.2) is 23.2 Å². The van der Waals surface area contributed by atoms with Gasteiger partial charge in [0.15, 0.2) is 0 Å². The van der Waals surface area contributed by atoms with E-state index < -0.39 is 23.5 Å². The van der Waals surface area contributed by atoms with Gasteiger partial charge in [0.1, 0.15) is 0 Å². The van der Waals surface area contributed by atoms with Gasteiger partial charge in [-0.3, -0.25) is 4.99 Å². The van der Waals surface area contributed by atoms with Crippen molar-refractivity contribution in [1.29, 1.82) is 0 Å². The lowest BCUT2D eigenvalue weighted by molar-refractivity contribution is -0.143. The summed E-state index contributed by atoms with van der Waals surface area (Å²) >= 11 is 0. The molecule has 0 bridgehead atoms. The minimum absolute atomic E-state index is 0.00463. The highest BCUT2D eigenvalue weighted by Crippen LogP contribution is 2.36. The summed E-state index contributed by atoms with van der Waals surface area (Å²) in [5.74, 6) is 0. The molecule has 0 fully saturated rings. The average Bonchev–Trinajstić information content (AvgIpc) is 2.36. The third-order valence-electron chi connectivity index (χ3n) is 3.55. The molecule has 1 aliphatic heterocycles. The molecule has 0 aliphatic carbocycles. The molecule has 1 nitrogen and oxygen atoms in total. The molecule has 122 valence electrons. The summed E-state index contributed by atoms with van der Waals surface area (Å²) in [6, 6.07) is 1.76. The molecule has 1 aromatic carbocycles. The Bertz CT molecular complexity index is 538. The molecule has 2 rings (SSSR count). The standard InChI is InChI=1S/C15H15F6N/c1-9-3-2-4-13(22-9)7-10-5-11(14(16,17)18)8-12(6-10)15(19,20)21/h5-6,8-9H,2-4,7H2,1H3. The van der Waals surface area contributed by atoms with Crippen molar-refractivity contribution >= 4 is 5.71 Å². The highest BCUT2D eigenvalue weighted by Gasteiger charge is 2.36. The number of halogens is 6. The zero-order valence-corrected chi connectivity index (χ0v) is 11.9. The Morgan fingerprint density at radius 1 is 1.00 bits per heavy atom. The van der Waals surface area contributed by atoms with Crippen molar-refractivity contribution in [2.24, 2.45) is 4.99 Å². The second-order valence-electron chi connectivity index (χ2n) is 5.53. The summed E-state index contributed by atoms with van der Waals surface area (Å²) in [6.45, 7) is 1.88. The van der Waals surface area contributed by atoms with Crippen LogP contribution in [0.4, 0.5) is 26.3 Å². The fourth-order valence-electron chi connectivity index (χ4n) is 2.53. The molecule has 1 atom stereocenters. The second-order valence-corrected chi connectivity index (χ2v) is 5.53. The van der Waals surface area contributed by atoms with Crippen LogP contribution in [0.5, 0.6) is 0 Å². The predicted octanol–water partition coefficient (Wildman–Crippen LogP) is 5.28. The Kier molecular flexibility index (Phi) is 4.54. The minimum atomic E-state index is -4.81. The van der Waals surface area contributed by atoms with E-state index in [2.05, 4.69) is 4.99 Å². The summed E-state index contributed by atoms with van der Waals surface area (Å²) in [7, 11) is 0. The topological polar surface area (TPSA) is 12.4 Å². The maximum Gasteiger partial charge on any atom is 0.416 e. The number of rotatable bonds is 2. The number of hydrogen-bond donors (Lipinski definition) is 0. The molecular weight excluding hydrogens is 308 g/mol. The molecule has 7 heteroatoms. The quantitative estimate of drug-likeness (QED) is 0.657. The lowest BCUT2D eigenvalue weighted by atomic mass is 9.96. The fourth-order valence-corrected chi connectivity index (χ4v) is 2.53. The molecule has 1 aliphatic rings. The van der Waals surface area contributed by atoms with Gasteiger partial charge < -0.3 is 0 Å². The van der Waals surface area contributed by atoms with Crippen LogP contribution in [0.2, 0.25) is 0 Å². The first kappa shape index (κ1) is 16.8. The molecule has 1 aromatic rings. The summed E-state index contributed by atoms with van der Waals surface area (Å²) in [5, 5.41) is 0. The Morgan fingerprint density at radius 2 is 1.55 bits per heavy atom. The molecular formula is C15H15F6N. The maximum absolute atomic E-state index is 12.8. The first-order valence-electron chi connectivity index (χ1n) is 6.89. The summed E-state index contributed by atoms with van der Waals surface area (Å²) in [5.41, 5.74) is -1.90. The third kappa shape index (κ3) is 4.24. The molecule has 0 N–H and O–H groups in total. The average molecular weight is 323 g/mol. The van der Waals surface area contributed by atoms with Crippen molar-refractivity contribution in [3.8, 4) is 0 Å². The van der Waals surface area contributed by atoms with Crippen molar-refractivity contribution < 1.29 is 26.3 Å². The van der Waals surface area contributed by atoms with Crippen LogP contribution in [0.3, 0.4) is 0 Å². The molecule has 0 amide bonds. The number of benzene rings is 1. The molecule has 0 spiro atoms. The van der Waals surface area contributed by atoms with Gasteiger partial charge in [-0.2, -0.15) is 26.3 Å². The van der Waals surface area contributed by atoms with Gasteiger partial charge in [0.2, 0.25) is 0 Å². The number of nitrogens with zero attached hydrogens (tertiary/aromatic N) is 1. The van der Waals surface area contributed by atoms with Gasteiger partial charge >= 0.3 is 12.4 Å². The maximum atomic E-state index is 12.8. The van der Waals surface area contributed by atoms with Crippen LogP contribution in [0, 0.1) is 0 Å². The molecule has 0 radical (unpaired) electrons. The monoisotopic (exact) mass is 323 g/mol. The summed E-state index contributed by atoms with van der Waals surface area (Å²) in [6.07, 6.45) is -7.24. The molecule has 0 saturated carbocycles. The van der Waals surface area contributed by atoms with Crippen molar-refractivity contribution in [3.05, 3.63) is 34.9 Å². The molecule has 1 heterocycles. The number of alkyl halides is 6. The Hall–Kier alpha value is -1.53. The smallest absolute Gasteiger partial charge is 0.291 e. The predicted molar refractivity (Wildman–Crippen MR) is 70.9 cm³/mol. The van der Waals surface area contributed by atoms with Gasteiger partial charge in [0, 0.05) is 18.2 Å². The first-order chi connectivity index (χ1) is 10.1. The van der Waals surface area contributed by atoms with E-state index in [-0.39, 0.29) is 24.1 Å². The molecule has 0 aromatic heterocycles. The van der Waals surface area contributed by atoms with Crippen LogP contribution in [0.1, 0.15) is 42.9 Å². The van der Waals surface area contributed by atoms with Gasteiger partial charge in [0.05, 0.1) is 11.1 Å². The highest BCUT2D eigenvalue weighted by atomic mass is 19.4. The van der Waals surface area contributed by atoms with E-state index in [4.69, 9.17) is 0 Å². The fraction of sp³-hybridized carbons (Fsp3) is 0.533. The van der Waals surface area contributed by atoms with Crippen LogP contribution in [-0.2, 0) is 18.8 Å². The second kappa shape index (κ2) is 5.93. The summed E-state index contributed by atoms with van der Waals surface area (Å²) in [4.78, 5) is 4.32. The van der Waals surface area contributed by atoms with E-state index in [0.717, 1.165) is 25.0 Å². The van der Waals surface area contributed by atoms with Crippen LogP contribution >= 0.6 is 0 Å².